The molecular weight excluding hydrogens is 248 g/mol. The minimum Gasteiger partial charge on any atom is -0.467 e. The quantitative estimate of drug-likeness (QED) is 0.799. The Morgan fingerprint density at radius 2 is 1.80 bits per heavy atom. The lowest BCUT2D eigenvalue weighted by Gasteiger charge is -2.21. The number of benzene rings is 1. The van der Waals surface area contributed by atoms with Crippen LogP contribution in [0.1, 0.15) is 31.2 Å². The summed E-state index contributed by atoms with van der Waals surface area (Å²) in [5.74, 6) is 0.968. The normalized spacial score (nSPS) is 12.8. The number of rotatable bonds is 8. The third-order valence-electron chi connectivity index (χ3n) is 3.63. The van der Waals surface area contributed by atoms with Crippen molar-refractivity contribution in [3.63, 3.8) is 0 Å². The Labute approximate surface area is 121 Å². The van der Waals surface area contributed by atoms with Crippen molar-refractivity contribution < 1.29 is 4.42 Å². The third kappa shape index (κ3) is 3.95. The van der Waals surface area contributed by atoms with Gasteiger partial charge in [0.25, 0.3) is 0 Å². The van der Waals surface area contributed by atoms with Gasteiger partial charge in [-0.2, -0.15) is 0 Å². The van der Waals surface area contributed by atoms with Crippen molar-refractivity contribution in [2.24, 2.45) is 0 Å². The van der Waals surface area contributed by atoms with Crippen LogP contribution in [0.4, 0.5) is 0 Å². The molecule has 1 heterocycles. The summed E-state index contributed by atoms with van der Waals surface area (Å²) in [7, 11) is 0. The van der Waals surface area contributed by atoms with Crippen LogP contribution >= 0.6 is 0 Å². The first-order valence-electron chi connectivity index (χ1n) is 7.39. The average molecular weight is 272 g/mol. The van der Waals surface area contributed by atoms with Gasteiger partial charge in [-0.15, -0.1) is 0 Å². The predicted molar refractivity (Wildman–Crippen MR) is 82.8 cm³/mol. The van der Waals surface area contributed by atoms with Crippen molar-refractivity contribution in [2.45, 2.75) is 19.9 Å². The molecule has 0 radical (unpaired) electrons. The van der Waals surface area contributed by atoms with Crippen LogP contribution in [-0.4, -0.2) is 31.1 Å². The first-order valence-corrected chi connectivity index (χ1v) is 7.39. The summed E-state index contributed by atoms with van der Waals surface area (Å²) in [6.45, 7) is 8.58. The highest BCUT2D eigenvalue weighted by molar-refractivity contribution is 5.26. The maximum atomic E-state index is 5.58. The molecule has 1 atom stereocenters. The standard InChI is InChI=1S/C17H24N2O/c1-3-19(4-2)13-12-18-17(16-11-8-14-20-16)15-9-6-5-7-10-15/h5-11,14,17-18H,3-4,12-13H2,1-2H3. The molecule has 0 aliphatic rings. The van der Waals surface area contributed by atoms with E-state index in [2.05, 4.69) is 48.3 Å². The van der Waals surface area contributed by atoms with Gasteiger partial charge in [0, 0.05) is 13.1 Å². The molecule has 0 fully saturated rings. The zero-order chi connectivity index (χ0) is 14.2. The Morgan fingerprint density at radius 1 is 1.05 bits per heavy atom. The molecule has 0 bridgehead atoms. The molecule has 0 amide bonds. The van der Waals surface area contributed by atoms with Crippen LogP contribution in [0.15, 0.2) is 53.1 Å². The van der Waals surface area contributed by atoms with E-state index in [1.807, 2.05) is 18.2 Å². The highest BCUT2D eigenvalue weighted by atomic mass is 16.3. The molecular formula is C17H24N2O. The van der Waals surface area contributed by atoms with Gasteiger partial charge >= 0.3 is 0 Å². The predicted octanol–water partition coefficient (Wildman–Crippen LogP) is 3.30. The van der Waals surface area contributed by atoms with E-state index in [1.54, 1.807) is 6.26 Å². The van der Waals surface area contributed by atoms with E-state index >= 15 is 0 Å². The van der Waals surface area contributed by atoms with Crippen LogP contribution < -0.4 is 5.32 Å². The fraction of sp³-hybridized carbons (Fsp3) is 0.412. The summed E-state index contributed by atoms with van der Waals surface area (Å²) >= 11 is 0. The van der Waals surface area contributed by atoms with E-state index in [0.29, 0.717) is 0 Å². The molecule has 20 heavy (non-hydrogen) atoms. The van der Waals surface area contributed by atoms with Crippen LogP contribution in [0.2, 0.25) is 0 Å². The van der Waals surface area contributed by atoms with Gasteiger partial charge in [-0.25, -0.2) is 0 Å². The van der Waals surface area contributed by atoms with E-state index in [9.17, 15) is 0 Å². The lowest BCUT2D eigenvalue weighted by molar-refractivity contribution is 0.296. The number of hydrogen-bond acceptors (Lipinski definition) is 3. The van der Waals surface area contributed by atoms with Crippen molar-refractivity contribution in [3.8, 4) is 0 Å². The molecule has 3 nitrogen and oxygen atoms in total. The van der Waals surface area contributed by atoms with Crippen LogP contribution in [0.5, 0.6) is 0 Å². The number of hydrogen-bond donors (Lipinski definition) is 1. The van der Waals surface area contributed by atoms with Crippen LogP contribution in [0.3, 0.4) is 0 Å². The zero-order valence-corrected chi connectivity index (χ0v) is 12.4. The monoisotopic (exact) mass is 272 g/mol. The fourth-order valence-electron chi connectivity index (χ4n) is 2.39. The average Bonchev–Trinajstić information content (AvgIpc) is 3.02. The maximum Gasteiger partial charge on any atom is 0.125 e. The maximum absolute atomic E-state index is 5.58. The van der Waals surface area contributed by atoms with E-state index in [0.717, 1.165) is 31.9 Å². The molecule has 2 rings (SSSR count). The lowest BCUT2D eigenvalue weighted by atomic mass is 10.0. The van der Waals surface area contributed by atoms with Crippen LogP contribution in [0, 0.1) is 0 Å². The molecule has 0 aliphatic carbocycles. The summed E-state index contributed by atoms with van der Waals surface area (Å²) in [5, 5.41) is 3.60. The molecule has 0 spiro atoms. The van der Waals surface area contributed by atoms with E-state index in [1.165, 1.54) is 5.56 Å². The Balaban J connectivity index is 2.01. The topological polar surface area (TPSA) is 28.4 Å². The van der Waals surface area contributed by atoms with Crippen molar-refractivity contribution in [1.29, 1.82) is 0 Å². The molecule has 1 unspecified atom stereocenters. The van der Waals surface area contributed by atoms with Gasteiger partial charge in [-0.1, -0.05) is 44.2 Å². The number of nitrogens with zero attached hydrogens (tertiary/aromatic N) is 1. The summed E-state index contributed by atoms with van der Waals surface area (Å²) in [6, 6.07) is 14.5. The van der Waals surface area contributed by atoms with E-state index in [4.69, 9.17) is 4.42 Å². The van der Waals surface area contributed by atoms with Crippen LogP contribution in [0.25, 0.3) is 0 Å². The lowest BCUT2D eigenvalue weighted by Crippen LogP contribution is -2.34. The third-order valence-corrected chi connectivity index (χ3v) is 3.63. The summed E-state index contributed by atoms with van der Waals surface area (Å²) in [4.78, 5) is 2.41. The number of furan rings is 1. The minimum atomic E-state index is 0.127. The van der Waals surface area contributed by atoms with Crippen molar-refractivity contribution in [1.82, 2.24) is 10.2 Å². The van der Waals surface area contributed by atoms with Crippen molar-refractivity contribution in [2.75, 3.05) is 26.2 Å². The molecule has 2 aromatic rings. The molecule has 0 aliphatic heterocycles. The van der Waals surface area contributed by atoms with E-state index in [-0.39, 0.29) is 6.04 Å². The molecule has 1 aromatic heterocycles. The van der Waals surface area contributed by atoms with Gasteiger partial charge in [0.05, 0.1) is 12.3 Å². The molecule has 108 valence electrons. The molecule has 1 aromatic carbocycles. The Bertz CT molecular complexity index is 463. The summed E-state index contributed by atoms with van der Waals surface area (Å²) in [6.07, 6.45) is 1.73. The second kappa shape index (κ2) is 7.88. The van der Waals surface area contributed by atoms with Crippen molar-refractivity contribution in [3.05, 3.63) is 60.1 Å². The molecule has 0 saturated heterocycles. The summed E-state index contributed by atoms with van der Waals surface area (Å²) < 4.78 is 5.58. The van der Waals surface area contributed by atoms with Gasteiger partial charge in [0.1, 0.15) is 5.76 Å². The second-order valence-corrected chi connectivity index (χ2v) is 4.84. The SMILES string of the molecule is CCN(CC)CCNC(c1ccccc1)c1ccco1. The number of nitrogens with one attached hydrogen (secondary N) is 1. The molecule has 1 N–H and O–H groups in total. The van der Waals surface area contributed by atoms with Gasteiger partial charge < -0.3 is 14.6 Å². The Kier molecular flexibility index (Phi) is 5.84. The zero-order valence-electron chi connectivity index (χ0n) is 12.4. The molecule has 0 saturated carbocycles. The van der Waals surface area contributed by atoms with E-state index < -0.39 is 0 Å². The highest BCUT2D eigenvalue weighted by Crippen LogP contribution is 2.21. The van der Waals surface area contributed by atoms with Crippen LogP contribution in [-0.2, 0) is 0 Å². The smallest absolute Gasteiger partial charge is 0.125 e. The van der Waals surface area contributed by atoms with Gasteiger partial charge in [-0.05, 0) is 30.8 Å². The largest absolute Gasteiger partial charge is 0.467 e. The minimum absolute atomic E-state index is 0.127. The molecule has 3 heteroatoms. The van der Waals surface area contributed by atoms with Gasteiger partial charge in [-0.3, -0.25) is 0 Å². The summed E-state index contributed by atoms with van der Waals surface area (Å²) in [5.41, 5.74) is 1.24. The number of likely N-dealkylation sites (N-methyl/N-ethyl adjacent to an activating group) is 1. The second-order valence-electron chi connectivity index (χ2n) is 4.84. The highest BCUT2D eigenvalue weighted by Gasteiger charge is 2.15. The fourth-order valence-corrected chi connectivity index (χ4v) is 2.39. The van der Waals surface area contributed by atoms with Gasteiger partial charge in [0.2, 0.25) is 0 Å². The Hall–Kier alpha value is -1.58. The first-order chi connectivity index (χ1) is 9.85. The first kappa shape index (κ1) is 14.8. The van der Waals surface area contributed by atoms with Crippen molar-refractivity contribution >= 4 is 0 Å². The van der Waals surface area contributed by atoms with Gasteiger partial charge in [0.15, 0.2) is 0 Å². The Morgan fingerprint density at radius 3 is 2.40 bits per heavy atom.